The number of nitrogens with zero attached hydrogens (tertiary/aromatic N) is 2. The van der Waals surface area contributed by atoms with Crippen LogP contribution in [-0.4, -0.2) is 27.0 Å². The molecule has 2 N–H and O–H groups in total. The minimum Gasteiger partial charge on any atom is -0.481 e. The van der Waals surface area contributed by atoms with Crippen molar-refractivity contribution in [2.45, 2.75) is 32.6 Å². The van der Waals surface area contributed by atoms with Crippen LogP contribution in [0.2, 0.25) is 0 Å². The first-order chi connectivity index (χ1) is 11.5. The highest BCUT2D eigenvalue weighted by Gasteiger charge is 2.07. The zero-order valence-electron chi connectivity index (χ0n) is 13.4. The van der Waals surface area contributed by atoms with Crippen molar-refractivity contribution in [2.24, 2.45) is 0 Å². The third kappa shape index (κ3) is 5.68. The molecule has 0 spiro atoms. The predicted octanol–water partition coefficient (Wildman–Crippen LogP) is 3.16. The third-order valence-electron chi connectivity index (χ3n) is 3.27. The summed E-state index contributed by atoms with van der Waals surface area (Å²) in [7, 11) is 0. The van der Waals surface area contributed by atoms with Gasteiger partial charge in [0.15, 0.2) is 0 Å². The Bertz CT molecular complexity index is 704. The van der Waals surface area contributed by atoms with E-state index in [0.29, 0.717) is 30.7 Å². The van der Waals surface area contributed by atoms with Crippen LogP contribution in [0.5, 0.6) is 11.8 Å². The number of nitrogens with one attached hydrogen (secondary N) is 1. The highest BCUT2D eigenvalue weighted by molar-refractivity contribution is 5.91. The number of rotatable bonds is 8. The van der Waals surface area contributed by atoms with Gasteiger partial charge in [-0.2, -0.15) is 0 Å². The van der Waals surface area contributed by atoms with Crippen LogP contribution in [0.1, 0.15) is 31.2 Å². The maximum Gasteiger partial charge on any atom is 0.321 e. The van der Waals surface area contributed by atoms with Gasteiger partial charge in [0.1, 0.15) is 5.75 Å². The number of aryl methyl sites for hydroxylation is 1. The van der Waals surface area contributed by atoms with Gasteiger partial charge in [-0.3, -0.25) is 9.59 Å². The minimum absolute atomic E-state index is 0.0832. The van der Waals surface area contributed by atoms with Gasteiger partial charge in [-0.1, -0.05) is 0 Å². The molecule has 0 aliphatic heterocycles. The van der Waals surface area contributed by atoms with Crippen LogP contribution in [0.4, 0.5) is 5.69 Å². The molecule has 1 amide bonds. The monoisotopic (exact) mass is 329 g/mol. The summed E-state index contributed by atoms with van der Waals surface area (Å²) in [6, 6.07) is 7.22. The Morgan fingerprint density at radius 3 is 2.54 bits per heavy atom. The lowest BCUT2D eigenvalue weighted by atomic mass is 10.1. The number of unbranched alkanes of at least 4 members (excludes halogenated alkanes) is 1. The second-order valence-corrected chi connectivity index (χ2v) is 5.26. The molecule has 7 heteroatoms. The predicted molar refractivity (Wildman–Crippen MR) is 88.0 cm³/mol. The summed E-state index contributed by atoms with van der Waals surface area (Å²) in [4.78, 5) is 30.3. The fourth-order valence-corrected chi connectivity index (χ4v) is 2.06. The van der Waals surface area contributed by atoms with E-state index in [1.54, 1.807) is 36.7 Å². The van der Waals surface area contributed by atoms with Crippen molar-refractivity contribution in [3.8, 4) is 11.8 Å². The van der Waals surface area contributed by atoms with E-state index in [-0.39, 0.29) is 18.3 Å². The molecule has 0 aliphatic carbocycles. The van der Waals surface area contributed by atoms with Gasteiger partial charge >= 0.3 is 12.0 Å². The van der Waals surface area contributed by atoms with Crippen molar-refractivity contribution in [2.75, 3.05) is 5.32 Å². The Kier molecular flexibility index (Phi) is 6.24. The first kappa shape index (κ1) is 17.4. The molecule has 0 saturated carbocycles. The third-order valence-corrected chi connectivity index (χ3v) is 3.27. The van der Waals surface area contributed by atoms with Gasteiger partial charge in [0, 0.05) is 30.9 Å². The zero-order chi connectivity index (χ0) is 17.4. The molecule has 126 valence electrons. The first-order valence-electron chi connectivity index (χ1n) is 7.62. The van der Waals surface area contributed by atoms with Gasteiger partial charge < -0.3 is 15.2 Å². The lowest BCUT2D eigenvalue weighted by Gasteiger charge is -2.10. The average molecular weight is 329 g/mol. The maximum absolute atomic E-state index is 11.9. The average Bonchev–Trinajstić information content (AvgIpc) is 2.55. The van der Waals surface area contributed by atoms with Crippen LogP contribution in [-0.2, 0) is 9.59 Å². The van der Waals surface area contributed by atoms with Crippen LogP contribution in [0.3, 0.4) is 0 Å². The molecule has 0 unspecified atom stereocenters. The van der Waals surface area contributed by atoms with E-state index >= 15 is 0 Å². The van der Waals surface area contributed by atoms with E-state index in [4.69, 9.17) is 9.84 Å². The smallest absolute Gasteiger partial charge is 0.321 e. The molecule has 1 heterocycles. The van der Waals surface area contributed by atoms with Crippen molar-refractivity contribution in [3.05, 3.63) is 42.2 Å². The normalized spacial score (nSPS) is 10.2. The summed E-state index contributed by atoms with van der Waals surface area (Å²) in [5.74, 6) is -0.397. The minimum atomic E-state index is -0.843. The zero-order valence-corrected chi connectivity index (χ0v) is 13.4. The number of hydrogen-bond acceptors (Lipinski definition) is 5. The Balaban J connectivity index is 1.87. The second-order valence-electron chi connectivity index (χ2n) is 5.26. The van der Waals surface area contributed by atoms with Crippen LogP contribution in [0.25, 0.3) is 0 Å². The number of hydrogen-bond donors (Lipinski definition) is 2. The van der Waals surface area contributed by atoms with E-state index in [1.807, 2.05) is 6.92 Å². The van der Waals surface area contributed by atoms with Crippen LogP contribution in [0.15, 0.2) is 36.7 Å². The van der Waals surface area contributed by atoms with Gasteiger partial charge in [0.05, 0.1) is 0 Å². The van der Waals surface area contributed by atoms with Gasteiger partial charge in [0.25, 0.3) is 0 Å². The molecule has 24 heavy (non-hydrogen) atoms. The van der Waals surface area contributed by atoms with Crippen LogP contribution in [0, 0.1) is 6.92 Å². The van der Waals surface area contributed by atoms with E-state index in [2.05, 4.69) is 15.3 Å². The standard InChI is InChI=1S/C17H19N3O4/c1-12-11-13(24-17-18-9-4-10-19-17)7-8-14(12)20-15(21)5-2-3-6-16(22)23/h4,7-11H,2-3,5-6H2,1H3,(H,20,21)(H,22,23). The van der Waals surface area contributed by atoms with E-state index < -0.39 is 5.97 Å². The molecule has 0 aliphatic rings. The van der Waals surface area contributed by atoms with E-state index in [1.165, 1.54) is 0 Å². The van der Waals surface area contributed by atoms with Crippen molar-refractivity contribution in [1.82, 2.24) is 9.97 Å². The summed E-state index contributed by atoms with van der Waals surface area (Å²) in [6.07, 6.45) is 4.60. The Morgan fingerprint density at radius 2 is 1.88 bits per heavy atom. The Morgan fingerprint density at radius 1 is 1.17 bits per heavy atom. The fourth-order valence-electron chi connectivity index (χ4n) is 2.06. The highest BCUT2D eigenvalue weighted by Crippen LogP contribution is 2.24. The number of aromatic nitrogens is 2. The number of amides is 1. The lowest BCUT2D eigenvalue weighted by molar-refractivity contribution is -0.137. The van der Waals surface area contributed by atoms with Gasteiger partial charge in [0.2, 0.25) is 5.91 Å². The summed E-state index contributed by atoms with van der Waals surface area (Å²) in [5.41, 5.74) is 1.54. The molecule has 2 rings (SSSR count). The number of carboxylic acids is 1. The Hall–Kier alpha value is -2.96. The van der Waals surface area contributed by atoms with Crippen LogP contribution >= 0.6 is 0 Å². The SMILES string of the molecule is Cc1cc(Oc2ncccn2)ccc1NC(=O)CCCCC(=O)O. The number of ether oxygens (including phenoxy) is 1. The topological polar surface area (TPSA) is 101 Å². The van der Waals surface area contributed by atoms with Crippen molar-refractivity contribution < 1.29 is 19.4 Å². The van der Waals surface area contributed by atoms with Crippen molar-refractivity contribution >= 4 is 17.6 Å². The summed E-state index contributed by atoms with van der Waals surface area (Å²) < 4.78 is 5.53. The van der Waals surface area contributed by atoms with Crippen molar-refractivity contribution in [1.29, 1.82) is 0 Å². The molecule has 0 radical (unpaired) electrons. The van der Waals surface area contributed by atoms with Crippen molar-refractivity contribution in [3.63, 3.8) is 0 Å². The fraction of sp³-hybridized carbons (Fsp3) is 0.294. The molecular weight excluding hydrogens is 310 g/mol. The molecule has 1 aromatic carbocycles. The first-order valence-corrected chi connectivity index (χ1v) is 7.62. The van der Waals surface area contributed by atoms with Crippen LogP contribution < -0.4 is 10.1 Å². The lowest BCUT2D eigenvalue weighted by Crippen LogP contribution is -2.12. The number of aliphatic carboxylic acids is 1. The summed E-state index contributed by atoms with van der Waals surface area (Å²) in [6.45, 7) is 1.86. The summed E-state index contributed by atoms with van der Waals surface area (Å²) in [5, 5.41) is 11.4. The molecule has 0 saturated heterocycles. The molecule has 0 fully saturated rings. The highest BCUT2D eigenvalue weighted by atomic mass is 16.5. The molecule has 2 aromatic rings. The molecule has 0 bridgehead atoms. The number of anilines is 1. The molecule has 7 nitrogen and oxygen atoms in total. The van der Waals surface area contributed by atoms with Gasteiger partial charge in [-0.25, -0.2) is 9.97 Å². The van der Waals surface area contributed by atoms with Gasteiger partial charge in [-0.15, -0.1) is 0 Å². The summed E-state index contributed by atoms with van der Waals surface area (Å²) >= 11 is 0. The largest absolute Gasteiger partial charge is 0.481 e. The maximum atomic E-state index is 11.9. The number of carbonyl (C=O) groups is 2. The molecule has 0 atom stereocenters. The number of benzene rings is 1. The van der Waals surface area contributed by atoms with Gasteiger partial charge in [-0.05, 0) is 49.6 Å². The second kappa shape index (κ2) is 8.61. The Labute approximate surface area is 139 Å². The number of carboxylic acid groups (broad SMARTS) is 1. The van der Waals surface area contributed by atoms with E-state index in [9.17, 15) is 9.59 Å². The number of carbonyl (C=O) groups excluding carboxylic acids is 1. The quantitative estimate of drug-likeness (QED) is 0.721. The molecule has 1 aromatic heterocycles. The molecular formula is C17H19N3O4. The van der Waals surface area contributed by atoms with E-state index in [0.717, 1.165) is 5.56 Å².